The summed E-state index contributed by atoms with van der Waals surface area (Å²) < 4.78 is 0. The van der Waals surface area contributed by atoms with Crippen molar-refractivity contribution in [2.45, 2.75) is 25.8 Å². The van der Waals surface area contributed by atoms with Crippen LogP contribution in [0.3, 0.4) is 0 Å². The Morgan fingerprint density at radius 2 is 2.22 bits per heavy atom. The zero-order valence-electron chi connectivity index (χ0n) is 10.5. The monoisotopic (exact) mass is 245 g/mol. The van der Waals surface area contributed by atoms with Gasteiger partial charge in [0.2, 0.25) is 0 Å². The molecule has 0 bridgehead atoms. The molecule has 1 aliphatic rings. The minimum atomic E-state index is -0.502. The Hall–Kier alpha value is -2.09. The Bertz CT molecular complexity index is 517. The van der Waals surface area contributed by atoms with Crippen molar-refractivity contribution in [3.63, 3.8) is 0 Å². The van der Waals surface area contributed by atoms with Crippen molar-refractivity contribution < 1.29 is 4.92 Å². The lowest BCUT2D eigenvalue weighted by molar-refractivity contribution is -0.385. The van der Waals surface area contributed by atoms with Gasteiger partial charge < -0.3 is 4.90 Å². The highest BCUT2D eigenvalue weighted by molar-refractivity contribution is 5.60. The predicted octanol–water partition coefficient (Wildman–Crippen LogP) is 2.70. The van der Waals surface area contributed by atoms with Crippen molar-refractivity contribution >= 4 is 11.4 Å². The van der Waals surface area contributed by atoms with E-state index in [1.165, 1.54) is 25.0 Å². The number of anilines is 1. The molecule has 1 unspecified atom stereocenters. The molecule has 0 N–H and O–H groups in total. The molecule has 1 saturated carbocycles. The molecule has 0 radical (unpaired) electrons. The first-order valence-electron chi connectivity index (χ1n) is 5.96. The molecule has 0 spiro atoms. The van der Waals surface area contributed by atoms with E-state index in [0.29, 0.717) is 12.0 Å². The quantitative estimate of drug-likeness (QED) is 0.604. The van der Waals surface area contributed by atoms with Crippen LogP contribution >= 0.6 is 0 Å². The maximum absolute atomic E-state index is 10.9. The van der Waals surface area contributed by atoms with E-state index < -0.39 is 4.92 Å². The van der Waals surface area contributed by atoms with Crippen molar-refractivity contribution in [2.24, 2.45) is 5.92 Å². The minimum Gasteiger partial charge on any atom is -0.371 e. The Labute approximate surface area is 106 Å². The summed E-state index contributed by atoms with van der Waals surface area (Å²) >= 11 is 0. The molecule has 0 aromatic heterocycles. The fraction of sp³-hybridized carbons (Fsp3) is 0.462. The number of nitro benzene ring substituents is 1. The summed E-state index contributed by atoms with van der Waals surface area (Å²) in [7, 11) is 1.94. The summed E-state index contributed by atoms with van der Waals surface area (Å²) in [5.41, 5.74) is 0.779. The standard InChI is InChI=1S/C13H15N3O2/c1-9(10-3-4-10)15(2)12-6-5-11(8-14)13(7-12)16(17)18/h5-7,9-10H,3-4H2,1-2H3. The Morgan fingerprint density at radius 1 is 1.56 bits per heavy atom. The van der Waals surface area contributed by atoms with Crippen molar-refractivity contribution in [2.75, 3.05) is 11.9 Å². The smallest absolute Gasteiger partial charge is 0.289 e. The number of nitrogens with zero attached hydrogens (tertiary/aromatic N) is 3. The summed E-state index contributed by atoms with van der Waals surface area (Å²) in [5, 5.41) is 19.7. The topological polar surface area (TPSA) is 70.2 Å². The molecule has 0 amide bonds. The van der Waals surface area contributed by atoms with Crippen LogP contribution in [0.15, 0.2) is 18.2 Å². The maximum atomic E-state index is 10.9. The molecule has 1 atom stereocenters. The normalized spacial score (nSPS) is 15.8. The van der Waals surface area contributed by atoms with Gasteiger partial charge in [0.15, 0.2) is 0 Å². The van der Waals surface area contributed by atoms with Gasteiger partial charge in [-0.1, -0.05) is 0 Å². The summed E-state index contributed by atoms with van der Waals surface area (Å²) in [6.45, 7) is 2.13. The third-order valence-electron chi connectivity index (χ3n) is 3.62. The molecule has 1 fully saturated rings. The molecule has 0 heterocycles. The molecular formula is C13H15N3O2. The molecule has 1 aromatic rings. The van der Waals surface area contributed by atoms with Gasteiger partial charge in [-0.25, -0.2) is 0 Å². The summed E-state index contributed by atoms with van der Waals surface area (Å²) in [6, 6.07) is 6.99. The van der Waals surface area contributed by atoms with Crippen LogP contribution < -0.4 is 4.90 Å². The molecule has 5 heteroatoms. The average Bonchev–Trinajstić information content (AvgIpc) is 3.20. The number of hydrogen-bond donors (Lipinski definition) is 0. The zero-order chi connectivity index (χ0) is 13.3. The van der Waals surface area contributed by atoms with E-state index in [1.54, 1.807) is 6.07 Å². The number of hydrogen-bond acceptors (Lipinski definition) is 4. The number of benzene rings is 1. The van der Waals surface area contributed by atoms with Crippen LogP contribution in [0.4, 0.5) is 11.4 Å². The largest absolute Gasteiger partial charge is 0.371 e. The first kappa shape index (κ1) is 12.4. The minimum absolute atomic E-state index is 0.108. The van der Waals surface area contributed by atoms with Crippen LogP contribution in [-0.2, 0) is 0 Å². The summed E-state index contributed by atoms with van der Waals surface area (Å²) in [4.78, 5) is 12.5. The predicted molar refractivity (Wildman–Crippen MR) is 68.4 cm³/mol. The van der Waals surface area contributed by atoms with Crippen LogP contribution in [-0.4, -0.2) is 18.0 Å². The average molecular weight is 245 g/mol. The van der Waals surface area contributed by atoms with Gasteiger partial charge in [0.25, 0.3) is 5.69 Å². The molecule has 0 saturated heterocycles. The number of nitriles is 1. The van der Waals surface area contributed by atoms with Gasteiger partial charge in [-0.05, 0) is 37.8 Å². The highest BCUT2D eigenvalue weighted by Gasteiger charge is 2.31. The first-order chi connectivity index (χ1) is 8.54. The molecule has 1 aliphatic carbocycles. The maximum Gasteiger partial charge on any atom is 0.289 e. The van der Waals surface area contributed by atoms with Crippen LogP contribution in [0.5, 0.6) is 0 Å². The van der Waals surface area contributed by atoms with Gasteiger partial charge >= 0.3 is 0 Å². The van der Waals surface area contributed by atoms with Gasteiger partial charge in [-0.3, -0.25) is 10.1 Å². The second kappa shape index (κ2) is 4.65. The first-order valence-corrected chi connectivity index (χ1v) is 5.96. The summed E-state index contributed by atoms with van der Waals surface area (Å²) in [6.07, 6.45) is 2.45. The highest BCUT2D eigenvalue weighted by Crippen LogP contribution is 2.37. The summed E-state index contributed by atoms with van der Waals surface area (Å²) in [5.74, 6) is 0.685. The SMILES string of the molecule is CC(C1CC1)N(C)c1ccc(C#N)c([N+](=O)[O-])c1. The van der Waals surface area contributed by atoms with Crippen LogP contribution in [0.25, 0.3) is 0 Å². The lowest BCUT2D eigenvalue weighted by Crippen LogP contribution is -2.30. The molecule has 18 heavy (non-hydrogen) atoms. The van der Waals surface area contributed by atoms with E-state index in [2.05, 4.69) is 6.92 Å². The second-order valence-electron chi connectivity index (χ2n) is 4.76. The van der Waals surface area contributed by atoms with Crippen molar-refractivity contribution in [1.29, 1.82) is 5.26 Å². The number of nitro groups is 1. The Kier molecular flexibility index (Phi) is 3.19. The Balaban J connectivity index is 2.31. The van der Waals surface area contributed by atoms with Gasteiger partial charge in [-0.15, -0.1) is 0 Å². The fourth-order valence-corrected chi connectivity index (χ4v) is 2.12. The molecule has 94 valence electrons. The van der Waals surface area contributed by atoms with Gasteiger partial charge in [0, 0.05) is 24.8 Å². The second-order valence-corrected chi connectivity index (χ2v) is 4.76. The van der Waals surface area contributed by atoms with E-state index in [0.717, 1.165) is 5.69 Å². The number of rotatable bonds is 4. The van der Waals surface area contributed by atoms with E-state index in [4.69, 9.17) is 5.26 Å². The van der Waals surface area contributed by atoms with Crippen molar-refractivity contribution in [3.05, 3.63) is 33.9 Å². The fourth-order valence-electron chi connectivity index (χ4n) is 2.12. The third-order valence-corrected chi connectivity index (χ3v) is 3.62. The van der Waals surface area contributed by atoms with E-state index in [1.807, 2.05) is 18.0 Å². The van der Waals surface area contributed by atoms with Gasteiger partial charge in [0.05, 0.1) is 4.92 Å². The van der Waals surface area contributed by atoms with Gasteiger partial charge in [-0.2, -0.15) is 5.26 Å². The van der Waals surface area contributed by atoms with Crippen LogP contribution in [0.2, 0.25) is 0 Å². The third kappa shape index (κ3) is 2.28. The van der Waals surface area contributed by atoms with Crippen molar-refractivity contribution in [1.82, 2.24) is 0 Å². The molecule has 5 nitrogen and oxygen atoms in total. The van der Waals surface area contributed by atoms with E-state index in [9.17, 15) is 10.1 Å². The highest BCUT2D eigenvalue weighted by atomic mass is 16.6. The molecular weight excluding hydrogens is 230 g/mol. The van der Waals surface area contributed by atoms with E-state index >= 15 is 0 Å². The van der Waals surface area contributed by atoms with Crippen LogP contribution in [0, 0.1) is 27.4 Å². The van der Waals surface area contributed by atoms with Crippen molar-refractivity contribution in [3.8, 4) is 6.07 Å². The van der Waals surface area contributed by atoms with E-state index in [-0.39, 0.29) is 11.3 Å². The van der Waals surface area contributed by atoms with Gasteiger partial charge in [0.1, 0.15) is 11.6 Å². The molecule has 2 rings (SSSR count). The van der Waals surface area contributed by atoms with Crippen LogP contribution in [0.1, 0.15) is 25.3 Å². The lowest BCUT2D eigenvalue weighted by atomic mass is 10.1. The molecule has 1 aromatic carbocycles. The molecule has 0 aliphatic heterocycles. The zero-order valence-corrected chi connectivity index (χ0v) is 10.5. The lowest BCUT2D eigenvalue weighted by Gasteiger charge is -2.26. The Morgan fingerprint density at radius 3 is 2.72 bits per heavy atom.